The highest BCUT2D eigenvalue weighted by Crippen LogP contribution is 2.33. The van der Waals surface area contributed by atoms with Crippen molar-refractivity contribution in [2.75, 3.05) is 18.6 Å². The fourth-order valence-electron chi connectivity index (χ4n) is 2.75. The van der Waals surface area contributed by atoms with Crippen molar-refractivity contribution >= 4 is 21.6 Å². The predicted octanol–water partition coefficient (Wildman–Crippen LogP) is 1.26. The van der Waals surface area contributed by atoms with Gasteiger partial charge < -0.3 is 9.64 Å². The monoisotopic (exact) mass is 310 g/mol. The van der Waals surface area contributed by atoms with Crippen LogP contribution in [0.2, 0.25) is 0 Å². The number of hydrogen-bond donors (Lipinski definition) is 1. The van der Waals surface area contributed by atoms with Gasteiger partial charge in [-0.15, -0.1) is 0 Å². The predicted molar refractivity (Wildman–Crippen MR) is 77.9 cm³/mol. The molecule has 3 rings (SSSR count). The van der Waals surface area contributed by atoms with E-state index < -0.39 is 10.0 Å². The molecule has 0 saturated heterocycles. The van der Waals surface area contributed by atoms with Crippen LogP contribution in [-0.4, -0.2) is 34.0 Å². The number of ether oxygens (including phenoxy) is 1. The number of likely N-dealkylation sites (N-methyl/N-ethyl adjacent to an activating group) is 1. The van der Waals surface area contributed by atoms with Crippen molar-refractivity contribution in [1.29, 1.82) is 0 Å². The molecule has 7 heteroatoms. The quantitative estimate of drug-likeness (QED) is 0.912. The highest BCUT2D eigenvalue weighted by molar-refractivity contribution is 7.89. The summed E-state index contributed by atoms with van der Waals surface area (Å²) in [5.74, 6) is 0.331. The Bertz CT molecular complexity index is 666. The van der Waals surface area contributed by atoms with E-state index in [0.717, 1.165) is 25.7 Å². The van der Waals surface area contributed by atoms with Gasteiger partial charge in [0.2, 0.25) is 10.0 Å². The van der Waals surface area contributed by atoms with Gasteiger partial charge >= 0.3 is 0 Å². The Kier molecular flexibility index (Phi) is 3.62. The summed E-state index contributed by atoms with van der Waals surface area (Å²) in [7, 11) is -1.95. The summed E-state index contributed by atoms with van der Waals surface area (Å²) in [4.78, 5) is 13.2. The van der Waals surface area contributed by atoms with Gasteiger partial charge in [0.15, 0.2) is 6.61 Å². The zero-order valence-electron chi connectivity index (χ0n) is 11.8. The molecule has 0 aromatic heterocycles. The summed E-state index contributed by atoms with van der Waals surface area (Å²) in [6.45, 7) is -0.0179. The van der Waals surface area contributed by atoms with Crippen molar-refractivity contribution in [2.24, 2.45) is 0 Å². The third-order valence-electron chi connectivity index (χ3n) is 4.00. The first-order valence-electron chi connectivity index (χ1n) is 7.03. The van der Waals surface area contributed by atoms with Crippen LogP contribution >= 0.6 is 0 Å². The van der Waals surface area contributed by atoms with Gasteiger partial charge in [-0.25, -0.2) is 13.1 Å². The first-order valence-corrected chi connectivity index (χ1v) is 8.51. The first kappa shape index (κ1) is 14.3. The fraction of sp³-hybridized carbons (Fsp3) is 0.500. The van der Waals surface area contributed by atoms with Crippen LogP contribution in [0, 0.1) is 0 Å². The molecule has 0 atom stereocenters. The number of hydrogen-bond acceptors (Lipinski definition) is 4. The van der Waals surface area contributed by atoms with Crippen molar-refractivity contribution < 1.29 is 17.9 Å². The summed E-state index contributed by atoms with van der Waals surface area (Å²) in [6, 6.07) is 4.62. The van der Waals surface area contributed by atoms with Crippen molar-refractivity contribution in [3.8, 4) is 5.75 Å². The van der Waals surface area contributed by atoms with Crippen LogP contribution in [0.1, 0.15) is 25.7 Å². The molecule has 1 fully saturated rings. The molecule has 0 radical (unpaired) electrons. The van der Waals surface area contributed by atoms with E-state index in [-0.39, 0.29) is 23.5 Å². The van der Waals surface area contributed by atoms with Crippen molar-refractivity contribution in [3.63, 3.8) is 0 Å². The van der Waals surface area contributed by atoms with Crippen molar-refractivity contribution in [1.82, 2.24) is 4.72 Å². The fourth-order valence-corrected chi connectivity index (χ4v) is 4.07. The van der Waals surface area contributed by atoms with E-state index in [1.54, 1.807) is 13.1 Å². The zero-order valence-corrected chi connectivity index (χ0v) is 12.6. The zero-order chi connectivity index (χ0) is 15.0. The van der Waals surface area contributed by atoms with Gasteiger partial charge in [-0.3, -0.25) is 4.79 Å². The molecule has 0 spiro atoms. The molecule has 1 heterocycles. The number of anilines is 1. The topological polar surface area (TPSA) is 75.7 Å². The second-order valence-electron chi connectivity index (χ2n) is 5.47. The lowest BCUT2D eigenvalue weighted by molar-refractivity contribution is -0.120. The van der Waals surface area contributed by atoms with Gasteiger partial charge in [0.05, 0.1) is 10.6 Å². The number of nitrogens with one attached hydrogen (secondary N) is 1. The Morgan fingerprint density at radius 3 is 2.71 bits per heavy atom. The smallest absolute Gasteiger partial charge is 0.264 e. The Morgan fingerprint density at radius 2 is 2.00 bits per heavy atom. The van der Waals surface area contributed by atoms with E-state index in [1.165, 1.54) is 17.0 Å². The molecule has 1 aliphatic carbocycles. The minimum absolute atomic E-state index is 0.0154. The molecular weight excluding hydrogens is 292 g/mol. The number of nitrogens with zero attached hydrogens (tertiary/aromatic N) is 1. The van der Waals surface area contributed by atoms with Gasteiger partial charge in [-0.05, 0) is 31.0 Å². The maximum Gasteiger partial charge on any atom is 0.264 e. The van der Waals surface area contributed by atoms with E-state index in [0.29, 0.717) is 11.4 Å². The Hall–Kier alpha value is -1.60. The summed E-state index contributed by atoms with van der Waals surface area (Å²) in [5, 5.41) is 0. The lowest BCUT2D eigenvalue weighted by Crippen LogP contribution is -2.36. The maximum atomic E-state index is 12.4. The molecule has 1 amide bonds. The van der Waals surface area contributed by atoms with Gasteiger partial charge in [0, 0.05) is 13.1 Å². The lowest BCUT2D eigenvalue weighted by Gasteiger charge is -2.26. The number of fused-ring (bicyclic) bond motifs is 1. The first-order chi connectivity index (χ1) is 9.97. The number of carbonyl (C=O) groups is 1. The molecular formula is C14H18N2O4S. The molecule has 114 valence electrons. The number of carbonyl (C=O) groups excluding carboxylic acids is 1. The summed E-state index contributed by atoms with van der Waals surface area (Å²) >= 11 is 0. The number of benzene rings is 1. The Labute approximate surface area is 124 Å². The number of amides is 1. The van der Waals surface area contributed by atoms with Crippen LogP contribution in [0.5, 0.6) is 5.75 Å². The third-order valence-corrected chi connectivity index (χ3v) is 5.52. The number of sulfonamides is 1. The second kappa shape index (κ2) is 5.31. The van der Waals surface area contributed by atoms with Crippen LogP contribution in [0.15, 0.2) is 23.1 Å². The van der Waals surface area contributed by atoms with E-state index >= 15 is 0 Å². The second-order valence-corrected chi connectivity index (χ2v) is 7.19. The van der Waals surface area contributed by atoms with Crippen molar-refractivity contribution in [2.45, 2.75) is 36.6 Å². The van der Waals surface area contributed by atoms with Gasteiger partial charge in [0.25, 0.3) is 5.91 Å². The summed E-state index contributed by atoms with van der Waals surface area (Å²) in [6.07, 6.45) is 3.88. The molecule has 0 bridgehead atoms. The minimum atomic E-state index is -3.56. The molecule has 1 aliphatic heterocycles. The maximum absolute atomic E-state index is 12.4. The van der Waals surface area contributed by atoms with Crippen LogP contribution in [-0.2, 0) is 14.8 Å². The average molecular weight is 310 g/mol. The van der Waals surface area contributed by atoms with Crippen LogP contribution < -0.4 is 14.4 Å². The van der Waals surface area contributed by atoms with Gasteiger partial charge in [-0.1, -0.05) is 12.8 Å². The van der Waals surface area contributed by atoms with Gasteiger partial charge in [0.1, 0.15) is 5.75 Å². The molecule has 1 saturated carbocycles. The minimum Gasteiger partial charge on any atom is -0.482 e. The average Bonchev–Trinajstić information content (AvgIpc) is 2.95. The highest BCUT2D eigenvalue weighted by atomic mass is 32.2. The van der Waals surface area contributed by atoms with Crippen LogP contribution in [0.25, 0.3) is 0 Å². The Balaban J connectivity index is 1.90. The van der Waals surface area contributed by atoms with E-state index in [4.69, 9.17) is 4.74 Å². The molecule has 1 aromatic rings. The molecule has 1 N–H and O–H groups in total. The SMILES string of the molecule is CN1C(=O)COc2ccc(S(=O)(=O)NC3CCCC3)cc21. The molecule has 0 unspecified atom stereocenters. The summed E-state index contributed by atoms with van der Waals surface area (Å²) in [5.41, 5.74) is 0.487. The van der Waals surface area contributed by atoms with E-state index in [2.05, 4.69) is 4.72 Å². The standard InChI is InChI=1S/C14H18N2O4S/c1-16-12-8-11(6-7-13(12)20-9-14(16)17)21(18,19)15-10-4-2-3-5-10/h6-8,10,15H,2-5,9H2,1H3. The number of rotatable bonds is 3. The lowest BCUT2D eigenvalue weighted by atomic mass is 10.2. The van der Waals surface area contributed by atoms with E-state index in [9.17, 15) is 13.2 Å². The highest BCUT2D eigenvalue weighted by Gasteiger charge is 2.27. The third kappa shape index (κ3) is 2.75. The molecule has 21 heavy (non-hydrogen) atoms. The van der Waals surface area contributed by atoms with Crippen LogP contribution in [0.4, 0.5) is 5.69 Å². The van der Waals surface area contributed by atoms with E-state index in [1.807, 2.05) is 0 Å². The van der Waals surface area contributed by atoms with Crippen molar-refractivity contribution in [3.05, 3.63) is 18.2 Å². The Morgan fingerprint density at radius 1 is 1.29 bits per heavy atom. The van der Waals surface area contributed by atoms with Gasteiger partial charge in [-0.2, -0.15) is 0 Å². The molecule has 6 nitrogen and oxygen atoms in total. The molecule has 2 aliphatic rings. The largest absolute Gasteiger partial charge is 0.482 e. The normalized spacial score (nSPS) is 19.5. The molecule has 1 aromatic carbocycles. The van der Waals surface area contributed by atoms with Crippen LogP contribution in [0.3, 0.4) is 0 Å². The summed E-state index contributed by atoms with van der Waals surface area (Å²) < 4.78 is 32.8.